The van der Waals surface area contributed by atoms with Crippen LogP contribution in [0, 0.1) is 6.92 Å². The summed E-state index contributed by atoms with van der Waals surface area (Å²) in [5.41, 5.74) is 2.84. The molecule has 0 aliphatic carbocycles. The third-order valence-electron chi connectivity index (χ3n) is 2.30. The summed E-state index contributed by atoms with van der Waals surface area (Å²) < 4.78 is 10.8. The number of rotatable bonds is 2. The lowest BCUT2D eigenvalue weighted by atomic mass is 10.1. The predicted molar refractivity (Wildman–Crippen MR) is 54.7 cm³/mol. The molecule has 1 aromatic carbocycles. The molecule has 1 aromatic heterocycles. The second kappa shape index (κ2) is 3.33. The van der Waals surface area contributed by atoms with Crippen molar-refractivity contribution in [2.45, 2.75) is 20.3 Å². The first-order valence-corrected chi connectivity index (χ1v) is 4.69. The summed E-state index contributed by atoms with van der Waals surface area (Å²) in [5, 5.41) is 0. The maximum atomic E-state index is 5.54. The van der Waals surface area contributed by atoms with Gasteiger partial charge in [-0.2, -0.15) is 0 Å². The minimum absolute atomic E-state index is 0.697. The lowest BCUT2D eigenvalue weighted by molar-refractivity contribution is 0.409. The van der Waals surface area contributed by atoms with Gasteiger partial charge in [-0.05, 0) is 18.6 Å². The number of nitrogens with zero attached hydrogens (tertiary/aromatic N) is 1. The SMILES string of the molecule is CCc1c(OC)ccc2nc(C)oc12. The summed E-state index contributed by atoms with van der Waals surface area (Å²) in [4.78, 5) is 4.27. The zero-order chi connectivity index (χ0) is 10.1. The van der Waals surface area contributed by atoms with Crippen molar-refractivity contribution in [3.63, 3.8) is 0 Å². The number of aromatic nitrogens is 1. The first kappa shape index (κ1) is 9.06. The minimum Gasteiger partial charge on any atom is -0.496 e. The second-order valence-corrected chi connectivity index (χ2v) is 3.18. The van der Waals surface area contributed by atoms with Crippen LogP contribution in [0.4, 0.5) is 0 Å². The molecule has 3 heteroatoms. The number of ether oxygens (including phenoxy) is 1. The largest absolute Gasteiger partial charge is 0.496 e. The van der Waals surface area contributed by atoms with E-state index in [0.29, 0.717) is 5.89 Å². The van der Waals surface area contributed by atoms with Gasteiger partial charge in [0.15, 0.2) is 11.5 Å². The summed E-state index contributed by atoms with van der Waals surface area (Å²) in [7, 11) is 1.67. The standard InChI is InChI=1S/C11H13NO2/c1-4-8-10(13-3)6-5-9-11(8)14-7(2)12-9/h5-6H,4H2,1-3H3. The maximum Gasteiger partial charge on any atom is 0.192 e. The molecule has 0 saturated heterocycles. The molecule has 0 atom stereocenters. The van der Waals surface area contributed by atoms with Gasteiger partial charge in [-0.25, -0.2) is 4.98 Å². The fraction of sp³-hybridized carbons (Fsp3) is 0.364. The van der Waals surface area contributed by atoms with E-state index in [1.54, 1.807) is 7.11 Å². The van der Waals surface area contributed by atoms with Gasteiger partial charge in [0.05, 0.1) is 7.11 Å². The van der Waals surface area contributed by atoms with Gasteiger partial charge < -0.3 is 9.15 Å². The molecule has 0 spiro atoms. The maximum absolute atomic E-state index is 5.54. The van der Waals surface area contributed by atoms with Crippen molar-refractivity contribution < 1.29 is 9.15 Å². The van der Waals surface area contributed by atoms with Crippen LogP contribution >= 0.6 is 0 Å². The van der Waals surface area contributed by atoms with Crippen molar-refractivity contribution >= 4 is 11.1 Å². The van der Waals surface area contributed by atoms with E-state index in [4.69, 9.17) is 9.15 Å². The number of hydrogen-bond acceptors (Lipinski definition) is 3. The Morgan fingerprint density at radius 2 is 2.21 bits per heavy atom. The fourth-order valence-corrected chi connectivity index (χ4v) is 1.67. The van der Waals surface area contributed by atoms with Gasteiger partial charge in [-0.15, -0.1) is 0 Å². The topological polar surface area (TPSA) is 35.3 Å². The molecule has 1 heterocycles. The molecule has 0 bridgehead atoms. The first-order chi connectivity index (χ1) is 6.76. The van der Waals surface area contributed by atoms with Crippen LogP contribution < -0.4 is 4.74 Å². The third kappa shape index (κ3) is 1.25. The van der Waals surface area contributed by atoms with Crippen LogP contribution in [0.5, 0.6) is 5.75 Å². The Hall–Kier alpha value is -1.51. The smallest absolute Gasteiger partial charge is 0.192 e. The van der Waals surface area contributed by atoms with Crippen LogP contribution in [0.3, 0.4) is 0 Å². The van der Waals surface area contributed by atoms with E-state index >= 15 is 0 Å². The van der Waals surface area contributed by atoms with E-state index in [-0.39, 0.29) is 0 Å². The van der Waals surface area contributed by atoms with Gasteiger partial charge in [0.1, 0.15) is 11.3 Å². The molecular formula is C11H13NO2. The molecule has 2 aromatic rings. The van der Waals surface area contributed by atoms with Gasteiger partial charge in [0, 0.05) is 12.5 Å². The molecule has 74 valence electrons. The van der Waals surface area contributed by atoms with E-state index in [9.17, 15) is 0 Å². The zero-order valence-corrected chi connectivity index (χ0v) is 8.63. The number of benzene rings is 1. The highest BCUT2D eigenvalue weighted by Crippen LogP contribution is 2.28. The van der Waals surface area contributed by atoms with Crippen molar-refractivity contribution in [3.8, 4) is 5.75 Å². The molecule has 0 N–H and O–H groups in total. The van der Waals surface area contributed by atoms with Gasteiger partial charge in [0.25, 0.3) is 0 Å². The van der Waals surface area contributed by atoms with E-state index < -0.39 is 0 Å². The molecule has 0 amide bonds. The summed E-state index contributed by atoms with van der Waals surface area (Å²) >= 11 is 0. The van der Waals surface area contributed by atoms with Gasteiger partial charge >= 0.3 is 0 Å². The first-order valence-electron chi connectivity index (χ1n) is 4.69. The van der Waals surface area contributed by atoms with E-state index in [1.165, 1.54) is 0 Å². The molecule has 0 saturated carbocycles. The Balaban J connectivity index is 2.75. The highest BCUT2D eigenvalue weighted by Gasteiger charge is 2.11. The summed E-state index contributed by atoms with van der Waals surface area (Å²) in [6.45, 7) is 3.93. The Kier molecular flexibility index (Phi) is 2.15. The van der Waals surface area contributed by atoms with Crippen LogP contribution in [0.15, 0.2) is 16.5 Å². The van der Waals surface area contributed by atoms with Crippen LogP contribution in [-0.2, 0) is 6.42 Å². The normalized spacial score (nSPS) is 10.8. The molecule has 0 radical (unpaired) electrons. The molecular weight excluding hydrogens is 178 g/mol. The Labute approximate surface area is 82.7 Å². The van der Waals surface area contributed by atoms with Crippen LogP contribution in [-0.4, -0.2) is 12.1 Å². The quantitative estimate of drug-likeness (QED) is 0.732. The van der Waals surface area contributed by atoms with Crippen LogP contribution in [0.1, 0.15) is 18.4 Å². The van der Waals surface area contributed by atoms with Crippen molar-refractivity contribution in [2.24, 2.45) is 0 Å². The van der Waals surface area contributed by atoms with Crippen molar-refractivity contribution in [1.29, 1.82) is 0 Å². The molecule has 0 aliphatic heterocycles. The van der Waals surface area contributed by atoms with Crippen LogP contribution in [0.25, 0.3) is 11.1 Å². The zero-order valence-electron chi connectivity index (χ0n) is 8.63. The Bertz CT molecular complexity index is 460. The summed E-state index contributed by atoms with van der Waals surface area (Å²) in [6.07, 6.45) is 0.884. The van der Waals surface area contributed by atoms with Crippen LogP contribution in [0.2, 0.25) is 0 Å². The Morgan fingerprint density at radius 1 is 1.43 bits per heavy atom. The fourth-order valence-electron chi connectivity index (χ4n) is 1.67. The molecule has 3 nitrogen and oxygen atoms in total. The van der Waals surface area contributed by atoms with E-state index in [1.807, 2.05) is 19.1 Å². The predicted octanol–water partition coefficient (Wildman–Crippen LogP) is 2.71. The molecule has 14 heavy (non-hydrogen) atoms. The average Bonchev–Trinajstić information content (AvgIpc) is 2.56. The number of hydrogen-bond donors (Lipinski definition) is 0. The van der Waals surface area contributed by atoms with Gasteiger partial charge in [-0.1, -0.05) is 6.92 Å². The lowest BCUT2D eigenvalue weighted by Crippen LogP contribution is -1.90. The number of fused-ring (bicyclic) bond motifs is 1. The second-order valence-electron chi connectivity index (χ2n) is 3.18. The highest BCUT2D eigenvalue weighted by atomic mass is 16.5. The van der Waals surface area contributed by atoms with E-state index in [2.05, 4.69) is 11.9 Å². The van der Waals surface area contributed by atoms with Crippen molar-refractivity contribution in [2.75, 3.05) is 7.11 Å². The Morgan fingerprint density at radius 3 is 2.86 bits per heavy atom. The number of methoxy groups -OCH3 is 1. The van der Waals surface area contributed by atoms with Crippen molar-refractivity contribution in [3.05, 3.63) is 23.6 Å². The van der Waals surface area contributed by atoms with Gasteiger partial charge in [0.2, 0.25) is 0 Å². The molecule has 0 fully saturated rings. The molecule has 0 aliphatic rings. The summed E-state index contributed by atoms with van der Waals surface area (Å²) in [6, 6.07) is 3.85. The minimum atomic E-state index is 0.697. The average molecular weight is 191 g/mol. The lowest BCUT2D eigenvalue weighted by Gasteiger charge is -2.05. The van der Waals surface area contributed by atoms with Gasteiger partial charge in [-0.3, -0.25) is 0 Å². The monoisotopic (exact) mass is 191 g/mol. The molecule has 0 unspecified atom stereocenters. The van der Waals surface area contributed by atoms with Crippen molar-refractivity contribution in [1.82, 2.24) is 4.98 Å². The highest BCUT2D eigenvalue weighted by molar-refractivity contribution is 5.79. The summed E-state index contributed by atoms with van der Waals surface area (Å²) in [5.74, 6) is 1.57. The van der Waals surface area contributed by atoms with E-state index in [0.717, 1.165) is 28.8 Å². The number of oxazole rings is 1. The number of aryl methyl sites for hydroxylation is 2. The third-order valence-corrected chi connectivity index (χ3v) is 2.30. The molecule has 2 rings (SSSR count).